The summed E-state index contributed by atoms with van der Waals surface area (Å²) in [5, 5.41) is 2.65. The van der Waals surface area contributed by atoms with Crippen molar-refractivity contribution in [2.75, 3.05) is 11.6 Å². The fraction of sp³-hybridized carbons (Fsp3) is 0.308. The average molecular weight is 301 g/mol. The standard InChI is InChI=1S/C13H14Cl2N2O2/c1-3-19-12(18)13(2)6-7-16-17(13)11-5-4-9(14)8-10(11)15/h4-8,16H,3H2,1-2H3. The minimum Gasteiger partial charge on any atom is -0.464 e. The molecular weight excluding hydrogens is 287 g/mol. The Kier molecular flexibility index (Phi) is 3.92. The molecule has 102 valence electrons. The quantitative estimate of drug-likeness (QED) is 0.871. The first kappa shape index (κ1) is 14.0. The third-order valence-electron chi connectivity index (χ3n) is 2.92. The van der Waals surface area contributed by atoms with Crippen molar-refractivity contribution in [2.24, 2.45) is 0 Å². The molecule has 0 saturated heterocycles. The lowest BCUT2D eigenvalue weighted by atomic mass is 10.0. The van der Waals surface area contributed by atoms with Crippen LogP contribution >= 0.6 is 23.2 Å². The number of nitrogens with one attached hydrogen (secondary N) is 1. The molecule has 6 heteroatoms. The van der Waals surface area contributed by atoms with Crippen LogP contribution < -0.4 is 10.4 Å². The normalized spacial score (nSPS) is 21.4. The van der Waals surface area contributed by atoms with Gasteiger partial charge in [-0.15, -0.1) is 0 Å². The predicted molar refractivity (Wildman–Crippen MR) is 76.3 cm³/mol. The van der Waals surface area contributed by atoms with Gasteiger partial charge in [0.15, 0.2) is 5.54 Å². The second-order valence-electron chi connectivity index (χ2n) is 4.26. The first-order valence-electron chi connectivity index (χ1n) is 5.85. The van der Waals surface area contributed by atoms with Crippen LogP contribution in [0.25, 0.3) is 0 Å². The molecule has 1 aromatic carbocycles. The molecule has 0 radical (unpaired) electrons. The molecule has 1 aliphatic rings. The smallest absolute Gasteiger partial charge is 0.337 e. The summed E-state index contributed by atoms with van der Waals surface area (Å²) < 4.78 is 5.10. The lowest BCUT2D eigenvalue weighted by Crippen LogP contribution is -2.53. The van der Waals surface area contributed by atoms with Gasteiger partial charge < -0.3 is 10.2 Å². The van der Waals surface area contributed by atoms with Crippen LogP contribution in [0.15, 0.2) is 30.5 Å². The molecule has 1 aromatic rings. The van der Waals surface area contributed by atoms with Crippen molar-refractivity contribution in [2.45, 2.75) is 19.4 Å². The van der Waals surface area contributed by atoms with E-state index in [0.29, 0.717) is 22.3 Å². The summed E-state index contributed by atoms with van der Waals surface area (Å²) in [5.74, 6) is -0.345. The van der Waals surface area contributed by atoms with Gasteiger partial charge in [0, 0.05) is 11.2 Å². The molecule has 1 atom stereocenters. The van der Waals surface area contributed by atoms with E-state index in [-0.39, 0.29) is 5.97 Å². The number of hydrogen-bond donors (Lipinski definition) is 1. The Morgan fingerprint density at radius 1 is 1.47 bits per heavy atom. The number of esters is 1. The molecule has 4 nitrogen and oxygen atoms in total. The van der Waals surface area contributed by atoms with E-state index in [1.54, 1.807) is 49.3 Å². The zero-order chi connectivity index (χ0) is 14.0. The van der Waals surface area contributed by atoms with Crippen LogP contribution in [0.4, 0.5) is 5.69 Å². The van der Waals surface area contributed by atoms with Gasteiger partial charge in [0.25, 0.3) is 0 Å². The molecule has 1 unspecified atom stereocenters. The minimum absolute atomic E-state index is 0.324. The number of hydrazine groups is 1. The Labute approximate surface area is 121 Å². The highest BCUT2D eigenvalue weighted by Crippen LogP contribution is 2.34. The predicted octanol–water partition coefficient (Wildman–Crippen LogP) is 3.15. The number of halogens is 2. The van der Waals surface area contributed by atoms with Crippen LogP contribution in [-0.2, 0) is 9.53 Å². The monoisotopic (exact) mass is 300 g/mol. The summed E-state index contributed by atoms with van der Waals surface area (Å²) >= 11 is 12.0. The average Bonchev–Trinajstić information content (AvgIpc) is 2.73. The zero-order valence-corrected chi connectivity index (χ0v) is 12.1. The van der Waals surface area contributed by atoms with Crippen LogP contribution in [0, 0.1) is 0 Å². The van der Waals surface area contributed by atoms with E-state index in [1.165, 1.54) is 0 Å². The summed E-state index contributed by atoms with van der Waals surface area (Å²) in [6.07, 6.45) is 3.41. The van der Waals surface area contributed by atoms with E-state index in [9.17, 15) is 4.79 Å². The van der Waals surface area contributed by atoms with Crippen molar-refractivity contribution >= 4 is 34.9 Å². The third kappa shape index (κ3) is 2.51. The molecule has 0 aromatic heterocycles. The maximum atomic E-state index is 12.1. The minimum atomic E-state index is -0.937. The topological polar surface area (TPSA) is 41.6 Å². The first-order chi connectivity index (χ1) is 8.99. The SMILES string of the molecule is CCOC(=O)C1(C)C=CNN1c1ccc(Cl)cc1Cl. The molecule has 1 heterocycles. The van der Waals surface area contributed by atoms with Crippen LogP contribution in [0.5, 0.6) is 0 Å². The molecule has 0 amide bonds. The molecule has 0 fully saturated rings. The summed E-state index contributed by atoms with van der Waals surface area (Å²) in [4.78, 5) is 12.1. The number of ether oxygens (including phenoxy) is 1. The Morgan fingerprint density at radius 3 is 2.84 bits per heavy atom. The number of hydrogen-bond acceptors (Lipinski definition) is 4. The van der Waals surface area contributed by atoms with Gasteiger partial charge >= 0.3 is 5.97 Å². The lowest BCUT2D eigenvalue weighted by Gasteiger charge is -2.34. The molecule has 0 bridgehead atoms. The molecule has 0 saturated carbocycles. The van der Waals surface area contributed by atoms with Gasteiger partial charge in [-0.25, -0.2) is 4.79 Å². The Morgan fingerprint density at radius 2 is 2.21 bits per heavy atom. The molecule has 19 heavy (non-hydrogen) atoms. The summed E-state index contributed by atoms with van der Waals surface area (Å²) in [6, 6.07) is 5.10. The van der Waals surface area contributed by atoms with Crippen molar-refractivity contribution in [3.63, 3.8) is 0 Å². The van der Waals surface area contributed by atoms with Gasteiger partial charge in [-0.3, -0.25) is 5.01 Å². The highest BCUT2D eigenvalue weighted by Gasteiger charge is 2.42. The van der Waals surface area contributed by atoms with E-state index in [0.717, 1.165) is 0 Å². The van der Waals surface area contributed by atoms with Crippen LogP contribution in [0.2, 0.25) is 10.0 Å². The first-order valence-corrected chi connectivity index (χ1v) is 6.61. The van der Waals surface area contributed by atoms with E-state index in [2.05, 4.69) is 5.43 Å². The fourth-order valence-corrected chi connectivity index (χ4v) is 2.39. The van der Waals surface area contributed by atoms with Gasteiger partial charge in [-0.2, -0.15) is 0 Å². The van der Waals surface area contributed by atoms with Crippen molar-refractivity contribution in [3.05, 3.63) is 40.5 Å². The second kappa shape index (κ2) is 5.31. The number of nitrogens with zero attached hydrogens (tertiary/aromatic N) is 1. The number of rotatable bonds is 3. The van der Waals surface area contributed by atoms with E-state index in [4.69, 9.17) is 27.9 Å². The number of anilines is 1. The van der Waals surface area contributed by atoms with E-state index in [1.807, 2.05) is 0 Å². The fourth-order valence-electron chi connectivity index (χ4n) is 1.90. The van der Waals surface area contributed by atoms with Crippen molar-refractivity contribution in [1.82, 2.24) is 5.43 Å². The van der Waals surface area contributed by atoms with Gasteiger partial charge in [0.2, 0.25) is 0 Å². The van der Waals surface area contributed by atoms with Gasteiger partial charge in [-0.1, -0.05) is 23.2 Å². The molecular formula is C13H14Cl2N2O2. The van der Waals surface area contributed by atoms with Crippen LogP contribution in [0.3, 0.4) is 0 Å². The summed E-state index contributed by atoms with van der Waals surface area (Å²) in [5.41, 5.74) is 2.71. The Balaban J connectivity index is 2.36. The van der Waals surface area contributed by atoms with Gasteiger partial charge in [-0.05, 0) is 38.1 Å². The van der Waals surface area contributed by atoms with Crippen molar-refractivity contribution in [3.8, 4) is 0 Å². The summed E-state index contributed by atoms with van der Waals surface area (Å²) in [7, 11) is 0. The Hall–Kier alpha value is -1.39. The van der Waals surface area contributed by atoms with Gasteiger partial charge in [0.05, 0.1) is 17.3 Å². The zero-order valence-electron chi connectivity index (χ0n) is 10.6. The maximum Gasteiger partial charge on any atom is 0.337 e. The molecule has 1 aliphatic heterocycles. The molecule has 0 spiro atoms. The number of benzene rings is 1. The molecule has 1 N–H and O–H groups in total. The highest BCUT2D eigenvalue weighted by atomic mass is 35.5. The molecule has 2 rings (SSSR count). The third-order valence-corrected chi connectivity index (χ3v) is 3.45. The second-order valence-corrected chi connectivity index (χ2v) is 5.11. The van der Waals surface area contributed by atoms with Crippen molar-refractivity contribution < 1.29 is 9.53 Å². The van der Waals surface area contributed by atoms with Crippen LogP contribution in [-0.4, -0.2) is 18.1 Å². The molecule has 0 aliphatic carbocycles. The summed E-state index contributed by atoms with van der Waals surface area (Å²) in [6.45, 7) is 3.85. The largest absolute Gasteiger partial charge is 0.464 e. The van der Waals surface area contributed by atoms with Crippen LogP contribution in [0.1, 0.15) is 13.8 Å². The maximum absolute atomic E-state index is 12.1. The Bertz CT molecular complexity index is 533. The van der Waals surface area contributed by atoms with E-state index < -0.39 is 5.54 Å². The number of carbonyl (C=O) groups excluding carboxylic acids is 1. The van der Waals surface area contributed by atoms with Crippen molar-refractivity contribution in [1.29, 1.82) is 0 Å². The number of carbonyl (C=O) groups is 1. The lowest BCUT2D eigenvalue weighted by molar-refractivity contribution is -0.147. The van der Waals surface area contributed by atoms with E-state index >= 15 is 0 Å². The van der Waals surface area contributed by atoms with Gasteiger partial charge in [0.1, 0.15) is 0 Å². The highest BCUT2D eigenvalue weighted by molar-refractivity contribution is 6.36.